The molecule has 0 aliphatic heterocycles. The molecule has 0 unspecified atom stereocenters. The standard InChI is InChI=1S/C9H5BrF2N2O2/c1-16-9(15)7-6(10)4(3-13)2-5(14-7)8(11)12/h2,8H,1H3. The van der Waals surface area contributed by atoms with E-state index in [0.29, 0.717) is 0 Å². The van der Waals surface area contributed by atoms with Gasteiger partial charge in [-0.15, -0.1) is 0 Å². The van der Waals surface area contributed by atoms with Crippen LogP contribution in [0.1, 0.15) is 28.2 Å². The monoisotopic (exact) mass is 290 g/mol. The minimum Gasteiger partial charge on any atom is -0.464 e. The number of nitrogens with zero attached hydrogens (tertiary/aromatic N) is 2. The Bertz CT molecular complexity index is 471. The molecule has 84 valence electrons. The zero-order valence-corrected chi connectivity index (χ0v) is 9.59. The number of hydrogen-bond donors (Lipinski definition) is 0. The number of carbonyl (C=O) groups excluding carboxylic acids is 1. The fourth-order valence-corrected chi connectivity index (χ4v) is 1.43. The summed E-state index contributed by atoms with van der Waals surface area (Å²) in [5, 5.41) is 8.70. The third kappa shape index (κ3) is 2.33. The summed E-state index contributed by atoms with van der Waals surface area (Å²) in [4.78, 5) is 14.6. The number of aromatic nitrogens is 1. The molecule has 1 rings (SSSR count). The van der Waals surface area contributed by atoms with E-state index in [1.54, 1.807) is 6.07 Å². The molecule has 16 heavy (non-hydrogen) atoms. The summed E-state index contributed by atoms with van der Waals surface area (Å²) in [6.07, 6.45) is -2.86. The van der Waals surface area contributed by atoms with Crippen LogP contribution < -0.4 is 0 Å². The molecule has 0 aromatic carbocycles. The van der Waals surface area contributed by atoms with Crippen LogP contribution in [0.25, 0.3) is 0 Å². The molecule has 4 nitrogen and oxygen atoms in total. The molecule has 1 aromatic heterocycles. The molecule has 1 aromatic rings. The number of methoxy groups -OCH3 is 1. The fourth-order valence-electron chi connectivity index (χ4n) is 0.974. The van der Waals surface area contributed by atoms with Crippen LogP contribution >= 0.6 is 15.9 Å². The van der Waals surface area contributed by atoms with E-state index in [9.17, 15) is 13.6 Å². The molecule has 0 aliphatic rings. The van der Waals surface area contributed by atoms with Crippen molar-refractivity contribution in [2.24, 2.45) is 0 Å². The first-order valence-corrected chi connectivity index (χ1v) is 4.77. The van der Waals surface area contributed by atoms with Crippen molar-refractivity contribution >= 4 is 21.9 Å². The highest BCUT2D eigenvalue weighted by atomic mass is 79.9. The first-order chi connectivity index (χ1) is 7.51. The summed E-state index contributed by atoms with van der Waals surface area (Å²) in [6.45, 7) is 0. The highest BCUT2D eigenvalue weighted by Crippen LogP contribution is 2.26. The van der Waals surface area contributed by atoms with E-state index in [-0.39, 0.29) is 15.7 Å². The van der Waals surface area contributed by atoms with Gasteiger partial charge in [0.2, 0.25) is 0 Å². The van der Waals surface area contributed by atoms with Crippen molar-refractivity contribution in [3.05, 3.63) is 27.5 Å². The molecule has 0 fully saturated rings. The van der Waals surface area contributed by atoms with Crippen molar-refractivity contribution < 1.29 is 18.3 Å². The van der Waals surface area contributed by atoms with Crippen molar-refractivity contribution in [1.29, 1.82) is 5.26 Å². The van der Waals surface area contributed by atoms with Crippen LogP contribution in [0.5, 0.6) is 0 Å². The normalized spacial score (nSPS) is 10.0. The summed E-state index contributed by atoms with van der Waals surface area (Å²) in [5.74, 6) is -0.883. The second-order valence-electron chi connectivity index (χ2n) is 2.66. The Labute approximate surface area is 98.0 Å². The van der Waals surface area contributed by atoms with Crippen LogP contribution in [0, 0.1) is 11.3 Å². The van der Waals surface area contributed by atoms with Gasteiger partial charge in [-0.25, -0.2) is 18.6 Å². The van der Waals surface area contributed by atoms with Crippen molar-refractivity contribution in [2.45, 2.75) is 6.43 Å². The third-order valence-corrected chi connectivity index (χ3v) is 2.50. The lowest BCUT2D eigenvalue weighted by Crippen LogP contribution is -2.09. The van der Waals surface area contributed by atoms with Gasteiger partial charge in [-0.1, -0.05) is 0 Å². The van der Waals surface area contributed by atoms with E-state index in [4.69, 9.17) is 5.26 Å². The second-order valence-corrected chi connectivity index (χ2v) is 3.45. The van der Waals surface area contributed by atoms with Gasteiger partial charge in [-0.3, -0.25) is 0 Å². The van der Waals surface area contributed by atoms with Gasteiger partial charge in [0.1, 0.15) is 11.8 Å². The minimum absolute atomic E-state index is 0.0475. The Kier molecular flexibility index (Phi) is 3.90. The summed E-state index contributed by atoms with van der Waals surface area (Å²) >= 11 is 2.94. The van der Waals surface area contributed by atoms with Gasteiger partial charge >= 0.3 is 5.97 Å². The van der Waals surface area contributed by atoms with Crippen LogP contribution in [0.4, 0.5) is 8.78 Å². The lowest BCUT2D eigenvalue weighted by Gasteiger charge is -2.06. The molecule has 0 N–H and O–H groups in total. The average Bonchev–Trinajstić information content (AvgIpc) is 2.28. The van der Waals surface area contributed by atoms with Gasteiger partial charge in [-0.05, 0) is 22.0 Å². The molecule has 0 bridgehead atoms. The van der Waals surface area contributed by atoms with Crippen LogP contribution in [0.3, 0.4) is 0 Å². The summed E-state index contributed by atoms with van der Waals surface area (Å²) < 4.78 is 29.3. The average molecular weight is 291 g/mol. The number of hydrogen-bond acceptors (Lipinski definition) is 4. The molecule has 0 radical (unpaired) electrons. The molecular formula is C9H5BrF2N2O2. The molecule has 0 saturated heterocycles. The predicted molar refractivity (Wildman–Crippen MR) is 52.9 cm³/mol. The van der Waals surface area contributed by atoms with Crippen molar-refractivity contribution in [2.75, 3.05) is 7.11 Å². The first kappa shape index (κ1) is 12.5. The number of pyridine rings is 1. The number of ether oxygens (including phenoxy) is 1. The van der Waals surface area contributed by atoms with E-state index >= 15 is 0 Å². The fraction of sp³-hybridized carbons (Fsp3) is 0.222. The Morgan fingerprint density at radius 3 is 2.75 bits per heavy atom. The maximum Gasteiger partial charge on any atom is 0.357 e. The van der Waals surface area contributed by atoms with Gasteiger partial charge in [0, 0.05) is 0 Å². The van der Waals surface area contributed by atoms with Gasteiger partial charge in [0.15, 0.2) is 5.69 Å². The molecule has 1 heterocycles. The van der Waals surface area contributed by atoms with Crippen LogP contribution in [0.15, 0.2) is 10.5 Å². The van der Waals surface area contributed by atoms with E-state index < -0.39 is 18.1 Å². The van der Waals surface area contributed by atoms with Crippen LogP contribution in [0.2, 0.25) is 0 Å². The Hall–Kier alpha value is -1.55. The van der Waals surface area contributed by atoms with Gasteiger partial charge in [0.05, 0.1) is 17.1 Å². The lowest BCUT2D eigenvalue weighted by atomic mass is 10.2. The quantitative estimate of drug-likeness (QED) is 0.785. The summed E-state index contributed by atoms with van der Waals surface area (Å²) in [5.41, 5.74) is -1.07. The Morgan fingerprint density at radius 1 is 1.69 bits per heavy atom. The Morgan fingerprint density at radius 2 is 2.31 bits per heavy atom. The highest BCUT2D eigenvalue weighted by molar-refractivity contribution is 9.10. The van der Waals surface area contributed by atoms with Crippen molar-refractivity contribution in [1.82, 2.24) is 4.98 Å². The third-order valence-electron chi connectivity index (χ3n) is 1.70. The van der Waals surface area contributed by atoms with E-state index in [2.05, 4.69) is 25.7 Å². The smallest absolute Gasteiger partial charge is 0.357 e. The molecule has 0 spiro atoms. The summed E-state index contributed by atoms with van der Waals surface area (Å²) in [7, 11) is 1.09. The number of esters is 1. The number of nitriles is 1. The second kappa shape index (κ2) is 4.99. The maximum atomic E-state index is 12.4. The van der Waals surface area contributed by atoms with Crippen molar-refractivity contribution in [3.63, 3.8) is 0 Å². The SMILES string of the molecule is COC(=O)c1nc(C(F)F)cc(C#N)c1Br. The van der Waals surface area contributed by atoms with Gasteiger partial charge in [-0.2, -0.15) is 5.26 Å². The van der Waals surface area contributed by atoms with Gasteiger partial charge < -0.3 is 4.74 Å². The number of rotatable bonds is 2. The zero-order valence-electron chi connectivity index (χ0n) is 8.00. The molecule has 0 aliphatic carbocycles. The largest absolute Gasteiger partial charge is 0.464 e. The lowest BCUT2D eigenvalue weighted by molar-refractivity contribution is 0.0591. The van der Waals surface area contributed by atoms with E-state index in [0.717, 1.165) is 13.2 Å². The highest BCUT2D eigenvalue weighted by Gasteiger charge is 2.20. The first-order valence-electron chi connectivity index (χ1n) is 3.98. The molecule has 0 atom stereocenters. The number of alkyl halides is 2. The summed E-state index contributed by atoms with van der Waals surface area (Å²) in [6, 6.07) is 2.60. The maximum absolute atomic E-state index is 12.4. The zero-order chi connectivity index (χ0) is 12.3. The minimum atomic E-state index is -2.86. The Balaban J connectivity index is 3.43. The molecular weight excluding hydrogens is 286 g/mol. The van der Waals surface area contributed by atoms with Crippen LogP contribution in [-0.2, 0) is 4.74 Å². The van der Waals surface area contributed by atoms with E-state index in [1.807, 2.05) is 0 Å². The number of carbonyl (C=O) groups is 1. The van der Waals surface area contributed by atoms with E-state index in [1.165, 1.54) is 0 Å². The topological polar surface area (TPSA) is 63.0 Å². The van der Waals surface area contributed by atoms with Crippen molar-refractivity contribution in [3.8, 4) is 6.07 Å². The predicted octanol–water partition coefficient (Wildman–Crippen LogP) is 2.44. The molecule has 7 heteroatoms. The molecule has 0 saturated carbocycles. The number of halogens is 3. The van der Waals surface area contributed by atoms with Crippen LogP contribution in [-0.4, -0.2) is 18.1 Å². The van der Waals surface area contributed by atoms with Gasteiger partial charge in [0.25, 0.3) is 6.43 Å². The molecule has 0 amide bonds.